The van der Waals surface area contributed by atoms with Gasteiger partial charge in [-0.25, -0.2) is 4.98 Å². The first-order valence-corrected chi connectivity index (χ1v) is 11.1. The van der Waals surface area contributed by atoms with E-state index in [1.54, 1.807) is 25.6 Å². The number of nitrogens with zero attached hydrogens (tertiary/aromatic N) is 5. The van der Waals surface area contributed by atoms with Crippen LogP contribution < -0.4 is 20.1 Å². The van der Waals surface area contributed by atoms with E-state index in [1.165, 1.54) is 0 Å². The lowest BCUT2D eigenvalue weighted by Gasteiger charge is -2.14. The first-order chi connectivity index (χ1) is 16.4. The van der Waals surface area contributed by atoms with E-state index >= 15 is 0 Å². The van der Waals surface area contributed by atoms with Crippen LogP contribution >= 0.6 is 11.6 Å². The fourth-order valence-corrected chi connectivity index (χ4v) is 3.32. The zero-order valence-corrected chi connectivity index (χ0v) is 20.2. The standard InChI is InChI=1S/C24H26ClN7O2/c1-15(2)34-24-30-22(29-23(31-24)28-19-8-6-18(25)7-9-19)26-12-17-5-10-20(21(11-17)33-4)32-13-16(3)27-14-32/h5-11,13-15H,12H2,1-4H3,(H2,26,28,29,30,31). The fraction of sp³-hybridized carbons (Fsp3) is 0.250. The second-order valence-corrected chi connectivity index (χ2v) is 8.28. The van der Waals surface area contributed by atoms with Crippen LogP contribution in [-0.2, 0) is 6.54 Å². The number of ether oxygens (including phenoxy) is 2. The normalized spacial score (nSPS) is 10.9. The average Bonchev–Trinajstić information content (AvgIpc) is 3.24. The molecule has 0 saturated carbocycles. The number of hydrogen-bond acceptors (Lipinski definition) is 8. The number of nitrogens with one attached hydrogen (secondary N) is 2. The number of benzene rings is 2. The second-order valence-electron chi connectivity index (χ2n) is 7.85. The Bertz CT molecular complexity index is 1260. The molecule has 0 aliphatic heterocycles. The van der Waals surface area contributed by atoms with Gasteiger partial charge in [0, 0.05) is 23.5 Å². The van der Waals surface area contributed by atoms with Crippen LogP contribution in [0.4, 0.5) is 17.6 Å². The van der Waals surface area contributed by atoms with Crippen LogP contribution in [0.3, 0.4) is 0 Å². The second kappa shape index (κ2) is 10.4. The van der Waals surface area contributed by atoms with E-state index in [0.29, 0.717) is 23.5 Å². The highest BCUT2D eigenvalue weighted by molar-refractivity contribution is 6.30. The molecule has 0 unspecified atom stereocenters. The number of hydrogen-bond donors (Lipinski definition) is 2. The van der Waals surface area contributed by atoms with Gasteiger partial charge < -0.3 is 24.7 Å². The van der Waals surface area contributed by atoms with Gasteiger partial charge in [-0.05, 0) is 62.7 Å². The molecule has 0 radical (unpaired) electrons. The molecule has 0 bridgehead atoms. The number of aryl methyl sites for hydroxylation is 1. The van der Waals surface area contributed by atoms with Crippen molar-refractivity contribution in [2.24, 2.45) is 0 Å². The molecule has 4 rings (SSSR count). The Hall–Kier alpha value is -3.85. The minimum Gasteiger partial charge on any atom is -0.495 e. The molecule has 2 aromatic heterocycles. The highest BCUT2D eigenvalue weighted by Crippen LogP contribution is 2.25. The largest absolute Gasteiger partial charge is 0.495 e. The summed E-state index contributed by atoms with van der Waals surface area (Å²) in [4.78, 5) is 17.5. The molecule has 9 nitrogen and oxygen atoms in total. The lowest BCUT2D eigenvalue weighted by Crippen LogP contribution is -2.13. The first kappa shape index (κ1) is 23.3. The Labute approximate surface area is 203 Å². The van der Waals surface area contributed by atoms with E-state index < -0.39 is 0 Å². The predicted octanol–water partition coefficient (Wildman–Crippen LogP) is 5.17. The summed E-state index contributed by atoms with van der Waals surface area (Å²) in [6.07, 6.45) is 3.63. The lowest BCUT2D eigenvalue weighted by atomic mass is 10.2. The average molecular weight is 480 g/mol. The quantitative estimate of drug-likeness (QED) is 0.339. The van der Waals surface area contributed by atoms with Gasteiger partial charge in [0.25, 0.3) is 0 Å². The van der Waals surface area contributed by atoms with Crippen molar-refractivity contribution < 1.29 is 9.47 Å². The minimum absolute atomic E-state index is 0.0812. The van der Waals surface area contributed by atoms with Crippen molar-refractivity contribution in [3.8, 4) is 17.4 Å². The first-order valence-electron chi connectivity index (χ1n) is 10.8. The highest BCUT2D eigenvalue weighted by atomic mass is 35.5. The van der Waals surface area contributed by atoms with Gasteiger partial charge in [-0.3, -0.25) is 0 Å². The number of imidazole rings is 1. The molecular weight excluding hydrogens is 454 g/mol. The highest BCUT2D eigenvalue weighted by Gasteiger charge is 2.11. The van der Waals surface area contributed by atoms with Crippen molar-refractivity contribution in [3.63, 3.8) is 0 Å². The zero-order chi connectivity index (χ0) is 24.1. The summed E-state index contributed by atoms with van der Waals surface area (Å²) in [6, 6.07) is 13.5. The topological polar surface area (TPSA) is 99.0 Å². The molecule has 4 aromatic rings. The van der Waals surface area contributed by atoms with Crippen LogP contribution in [-0.4, -0.2) is 37.7 Å². The van der Waals surface area contributed by atoms with E-state index in [9.17, 15) is 0 Å². The van der Waals surface area contributed by atoms with E-state index in [1.807, 2.05) is 61.9 Å². The van der Waals surface area contributed by atoms with Crippen molar-refractivity contribution >= 4 is 29.2 Å². The Kier molecular flexibility index (Phi) is 7.12. The summed E-state index contributed by atoms with van der Waals surface area (Å²) in [5, 5.41) is 7.06. The maximum Gasteiger partial charge on any atom is 0.323 e. The van der Waals surface area contributed by atoms with Gasteiger partial charge in [0.05, 0.1) is 30.9 Å². The summed E-state index contributed by atoms with van der Waals surface area (Å²) in [7, 11) is 1.65. The lowest BCUT2D eigenvalue weighted by molar-refractivity contribution is 0.222. The molecule has 176 valence electrons. The van der Waals surface area contributed by atoms with Crippen molar-refractivity contribution in [2.45, 2.75) is 33.4 Å². The molecule has 2 N–H and O–H groups in total. The van der Waals surface area contributed by atoms with Crippen molar-refractivity contribution in [2.75, 3.05) is 17.7 Å². The van der Waals surface area contributed by atoms with Crippen LogP contribution in [0.5, 0.6) is 11.8 Å². The Morgan fingerprint density at radius 1 is 1.03 bits per heavy atom. The van der Waals surface area contributed by atoms with Crippen LogP contribution in [0.25, 0.3) is 5.69 Å². The Balaban J connectivity index is 1.53. The molecule has 2 aromatic carbocycles. The zero-order valence-electron chi connectivity index (χ0n) is 19.4. The molecule has 34 heavy (non-hydrogen) atoms. The van der Waals surface area contributed by atoms with E-state index in [4.69, 9.17) is 21.1 Å². The van der Waals surface area contributed by atoms with E-state index in [-0.39, 0.29) is 12.1 Å². The molecule has 0 aliphatic carbocycles. The van der Waals surface area contributed by atoms with Crippen molar-refractivity contribution in [3.05, 3.63) is 71.3 Å². The van der Waals surface area contributed by atoms with Gasteiger partial charge in [0.2, 0.25) is 11.9 Å². The summed E-state index contributed by atoms with van der Waals surface area (Å²) in [6.45, 7) is 6.26. The Morgan fingerprint density at radius 2 is 1.79 bits per heavy atom. The van der Waals surface area contributed by atoms with Crippen LogP contribution in [0, 0.1) is 6.92 Å². The van der Waals surface area contributed by atoms with Gasteiger partial charge >= 0.3 is 6.01 Å². The molecule has 2 heterocycles. The van der Waals surface area contributed by atoms with Crippen LogP contribution in [0.1, 0.15) is 25.1 Å². The smallest absolute Gasteiger partial charge is 0.323 e. The molecule has 0 fully saturated rings. The number of anilines is 3. The van der Waals surface area contributed by atoms with Gasteiger partial charge in [0.1, 0.15) is 5.75 Å². The number of rotatable bonds is 9. The Morgan fingerprint density at radius 3 is 2.47 bits per heavy atom. The maximum absolute atomic E-state index is 5.98. The SMILES string of the molecule is COc1cc(CNc2nc(Nc3ccc(Cl)cc3)nc(OC(C)C)n2)ccc1-n1cnc(C)c1. The summed E-state index contributed by atoms with van der Waals surface area (Å²) in [5.41, 5.74) is 3.64. The molecule has 0 atom stereocenters. The van der Waals surface area contributed by atoms with E-state index in [0.717, 1.165) is 28.4 Å². The molecule has 0 saturated heterocycles. The third-order valence-corrected chi connectivity index (χ3v) is 4.99. The number of halogens is 1. The summed E-state index contributed by atoms with van der Waals surface area (Å²) < 4.78 is 13.2. The number of aromatic nitrogens is 5. The van der Waals surface area contributed by atoms with Crippen LogP contribution in [0.15, 0.2) is 55.0 Å². The molecule has 10 heteroatoms. The van der Waals surface area contributed by atoms with E-state index in [2.05, 4.69) is 30.6 Å². The summed E-state index contributed by atoms with van der Waals surface area (Å²) in [5.74, 6) is 1.48. The molecule has 0 aliphatic rings. The predicted molar refractivity (Wildman–Crippen MR) is 133 cm³/mol. The summed E-state index contributed by atoms with van der Waals surface area (Å²) >= 11 is 5.98. The van der Waals surface area contributed by atoms with Gasteiger partial charge in [-0.1, -0.05) is 17.7 Å². The molecular formula is C24H26ClN7O2. The van der Waals surface area contributed by atoms with Gasteiger partial charge in [0.15, 0.2) is 0 Å². The molecule has 0 spiro atoms. The molecule has 0 amide bonds. The maximum atomic E-state index is 5.98. The van der Waals surface area contributed by atoms with Crippen LogP contribution in [0.2, 0.25) is 5.02 Å². The minimum atomic E-state index is -0.0812. The third kappa shape index (κ3) is 5.93. The number of methoxy groups -OCH3 is 1. The van der Waals surface area contributed by atoms with Crippen molar-refractivity contribution in [1.29, 1.82) is 0 Å². The van der Waals surface area contributed by atoms with Gasteiger partial charge in [-0.15, -0.1) is 0 Å². The third-order valence-electron chi connectivity index (χ3n) is 4.74. The monoisotopic (exact) mass is 479 g/mol. The fourth-order valence-electron chi connectivity index (χ4n) is 3.20. The van der Waals surface area contributed by atoms with Gasteiger partial charge in [-0.2, -0.15) is 15.0 Å². The van der Waals surface area contributed by atoms with Crippen molar-refractivity contribution in [1.82, 2.24) is 24.5 Å².